The van der Waals surface area contributed by atoms with E-state index in [1.54, 1.807) is 0 Å². The summed E-state index contributed by atoms with van der Waals surface area (Å²) in [6, 6.07) is 4.64. The fraction of sp³-hybridized carbons (Fsp3) is 0.400. The predicted octanol–water partition coefficient (Wildman–Crippen LogP) is 2.02. The van der Waals surface area contributed by atoms with Crippen molar-refractivity contribution in [3.8, 4) is 0 Å². The number of benzene rings is 1. The summed E-state index contributed by atoms with van der Waals surface area (Å²) in [4.78, 5) is 0. The first-order valence-electron chi connectivity index (χ1n) is 4.95. The van der Waals surface area contributed by atoms with E-state index in [9.17, 15) is 17.3 Å². The SMILES string of the molecule is F[B-](F)(F)c1ccc(CC2(F)COC2)cc1. The Morgan fingerprint density at radius 3 is 2.06 bits per heavy atom. The highest BCUT2D eigenvalue weighted by Gasteiger charge is 2.38. The molecule has 0 amide bonds. The van der Waals surface area contributed by atoms with Crippen molar-refractivity contribution in [2.24, 2.45) is 0 Å². The summed E-state index contributed by atoms with van der Waals surface area (Å²) in [5.41, 5.74) is -1.48. The smallest absolute Gasteiger partial charge is 0.445 e. The second-order valence-corrected chi connectivity index (χ2v) is 4.14. The van der Waals surface area contributed by atoms with Crippen LogP contribution in [0.3, 0.4) is 0 Å². The van der Waals surface area contributed by atoms with Crippen LogP contribution in [0, 0.1) is 0 Å². The van der Waals surface area contributed by atoms with E-state index in [4.69, 9.17) is 4.74 Å². The Bertz CT molecular complexity index is 369. The van der Waals surface area contributed by atoms with E-state index < -0.39 is 18.1 Å². The highest BCUT2D eigenvalue weighted by atomic mass is 19.4. The molecule has 1 aliphatic rings. The lowest BCUT2D eigenvalue weighted by molar-refractivity contribution is -0.128. The molecule has 1 aliphatic heterocycles. The molecule has 0 N–H and O–H groups in total. The molecule has 1 aromatic carbocycles. The van der Waals surface area contributed by atoms with E-state index in [2.05, 4.69) is 0 Å². The number of halogens is 4. The minimum atomic E-state index is -4.97. The highest BCUT2D eigenvalue weighted by molar-refractivity contribution is 6.73. The molecule has 2 rings (SSSR count). The summed E-state index contributed by atoms with van der Waals surface area (Å²) in [5, 5.41) is 0. The van der Waals surface area contributed by atoms with Crippen molar-refractivity contribution in [3.63, 3.8) is 0 Å². The number of alkyl halides is 1. The van der Waals surface area contributed by atoms with Crippen molar-refractivity contribution in [3.05, 3.63) is 29.8 Å². The number of ether oxygens (including phenoxy) is 1. The molecule has 0 aromatic heterocycles. The Morgan fingerprint density at radius 1 is 1.12 bits per heavy atom. The lowest BCUT2D eigenvalue weighted by Crippen LogP contribution is -2.47. The molecule has 0 unspecified atom stereocenters. The normalized spacial score (nSPS) is 19.2. The van der Waals surface area contributed by atoms with Gasteiger partial charge in [0.25, 0.3) is 0 Å². The van der Waals surface area contributed by atoms with Crippen molar-refractivity contribution in [2.75, 3.05) is 13.2 Å². The Labute approximate surface area is 90.5 Å². The van der Waals surface area contributed by atoms with Crippen LogP contribution in [-0.4, -0.2) is 25.9 Å². The van der Waals surface area contributed by atoms with Gasteiger partial charge in [-0.25, -0.2) is 4.39 Å². The van der Waals surface area contributed by atoms with Crippen LogP contribution < -0.4 is 5.46 Å². The van der Waals surface area contributed by atoms with Gasteiger partial charge < -0.3 is 17.7 Å². The third kappa shape index (κ3) is 2.37. The molecule has 16 heavy (non-hydrogen) atoms. The van der Waals surface area contributed by atoms with Gasteiger partial charge in [-0.15, -0.1) is 5.46 Å². The molecule has 1 fully saturated rings. The number of rotatable bonds is 3. The standard InChI is InChI=1S/C10H10BF4O/c12-10(6-16-7-10)5-8-1-3-9(4-2-8)11(13,14)15/h1-4H,5-7H2/q-1. The van der Waals surface area contributed by atoms with Crippen LogP contribution in [0.2, 0.25) is 0 Å². The van der Waals surface area contributed by atoms with Crippen LogP contribution in [0.15, 0.2) is 24.3 Å². The van der Waals surface area contributed by atoms with Crippen molar-refractivity contribution in [1.29, 1.82) is 0 Å². The highest BCUT2D eigenvalue weighted by Crippen LogP contribution is 2.26. The fourth-order valence-corrected chi connectivity index (χ4v) is 1.65. The molecule has 1 aromatic rings. The quantitative estimate of drug-likeness (QED) is 0.573. The van der Waals surface area contributed by atoms with Crippen molar-refractivity contribution in [2.45, 2.75) is 12.1 Å². The first-order valence-corrected chi connectivity index (χ1v) is 4.95. The average Bonchev–Trinajstić information content (AvgIpc) is 2.15. The van der Waals surface area contributed by atoms with Gasteiger partial charge in [-0.05, 0) is 5.56 Å². The first-order chi connectivity index (χ1) is 7.39. The van der Waals surface area contributed by atoms with Gasteiger partial charge in [0.2, 0.25) is 0 Å². The Balaban J connectivity index is 2.08. The molecule has 0 radical (unpaired) electrons. The Morgan fingerprint density at radius 2 is 1.69 bits per heavy atom. The zero-order valence-corrected chi connectivity index (χ0v) is 8.43. The van der Waals surface area contributed by atoms with E-state index in [1.165, 1.54) is 12.1 Å². The topological polar surface area (TPSA) is 9.23 Å². The van der Waals surface area contributed by atoms with Gasteiger partial charge in [0.15, 0.2) is 5.67 Å². The van der Waals surface area contributed by atoms with Gasteiger partial charge in [-0.1, -0.05) is 24.3 Å². The van der Waals surface area contributed by atoms with Crippen molar-refractivity contribution in [1.82, 2.24) is 0 Å². The van der Waals surface area contributed by atoms with Crippen LogP contribution in [0.5, 0.6) is 0 Å². The van der Waals surface area contributed by atoms with Gasteiger partial charge in [0.05, 0.1) is 13.2 Å². The number of hydrogen-bond acceptors (Lipinski definition) is 1. The molecule has 1 nitrogen and oxygen atoms in total. The van der Waals surface area contributed by atoms with Crippen LogP contribution in [0.1, 0.15) is 5.56 Å². The maximum atomic E-state index is 13.6. The number of hydrogen-bond donors (Lipinski definition) is 0. The molecular formula is C10H10BF4O-. The van der Waals surface area contributed by atoms with E-state index in [1.807, 2.05) is 0 Å². The summed E-state index contributed by atoms with van der Waals surface area (Å²) in [7, 11) is 0. The molecular weight excluding hydrogens is 223 g/mol. The predicted molar refractivity (Wildman–Crippen MR) is 53.5 cm³/mol. The molecule has 1 saturated heterocycles. The third-order valence-electron chi connectivity index (χ3n) is 2.60. The second kappa shape index (κ2) is 3.77. The van der Waals surface area contributed by atoms with Gasteiger partial charge in [0.1, 0.15) is 0 Å². The van der Waals surface area contributed by atoms with Crippen LogP contribution >= 0.6 is 0 Å². The largest absolute Gasteiger partial charge is 0.509 e. The zero-order valence-electron chi connectivity index (χ0n) is 8.43. The second-order valence-electron chi connectivity index (χ2n) is 4.14. The molecule has 88 valence electrons. The minimum absolute atomic E-state index is 0.0258. The molecule has 0 bridgehead atoms. The maximum absolute atomic E-state index is 13.6. The van der Waals surface area contributed by atoms with E-state index in [-0.39, 0.29) is 19.6 Å². The zero-order chi connectivity index (χ0) is 11.8. The first kappa shape index (κ1) is 11.5. The Hall–Kier alpha value is -1.04. The molecule has 0 spiro atoms. The molecule has 0 atom stereocenters. The summed E-state index contributed by atoms with van der Waals surface area (Å²) < 4.78 is 55.2. The maximum Gasteiger partial charge on any atom is 0.509 e. The minimum Gasteiger partial charge on any atom is -0.445 e. The molecule has 1 heterocycles. The van der Waals surface area contributed by atoms with Gasteiger partial charge >= 0.3 is 6.98 Å². The van der Waals surface area contributed by atoms with E-state index >= 15 is 0 Å². The summed E-state index contributed by atoms with van der Waals surface area (Å²) >= 11 is 0. The Kier molecular flexibility index (Phi) is 2.70. The summed E-state index contributed by atoms with van der Waals surface area (Å²) in [6.45, 7) is -4.91. The van der Waals surface area contributed by atoms with E-state index in [0.29, 0.717) is 5.56 Å². The third-order valence-corrected chi connectivity index (χ3v) is 2.60. The monoisotopic (exact) mass is 233 g/mol. The van der Waals surface area contributed by atoms with Crippen LogP contribution in [0.25, 0.3) is 0 Å². The van der Waals surface area contributed by atoms with Gasteiger partial charge in [-0.2, -0.15) is 0 Å². The lowest BCUT2D eigenvalue weighted by Gasteiger charge is -2.33. The lowest BCUT2D eigenvalue weighted by atomic mass is 9.79. The molecule has 0 saturated carbocycles. The molecule has 6 heteroatoms. The fourth-order valence-electron chi connectivity index (χ4n) is 1.65. The van der Waals surface area contributed by atoms with Crippen molar-refractivity contribution >= 4 is 12.4 Å². The van der Waals surface area contributed by atoms with Crippen LogP contribution in [-0.2, 0) is 11.2 Å². The molecule has 0 aliphatic carbocycles. The average molecular weight is 233 g/mol. The van der Waals surface area contributed by atoms with Gasteiger partial charge in [-0.3, -0.25) is 0 Å². The van der Waals surface area contributed by atoms with E-state index in [0.717, 1.165) is 12.1 Å². The summed E-state index contributed by atoms with van der Waals surface area (Å²) in [5.74, 6) is 0. The summed E-state index contributed by atoms with van der Waals surface area (Å²) in [6.07, 6.45) is 0.109. The van der Waals surface area contributed by atoms with Crippen LogP contribution in [0.4, 0.5) is 17.3 Å². The van der Waals surface area contributed by atoms with Gasteiger partial charge in [0, 0.05) is 6.42 Å². The van der Waals surface area contributed by atoms with Crippen molar-refractivity contribution < 1.29 is 22.1 Å².